The average molecular weight is 327 g/mol. The zero-order valence-corrected chi connectivity index (χ0v) is 13.6. The minimum absolute atomic E-state index is 0.215. The van der Waals surface area contributed by atoms with Crippen LogP contribution in [-0.4, -0.2) is 33.0 Å². The molecule has 1 aliphatic rings. The predicted molar refractivity (Wildman–Crippen MR) is 83.4 cm³/mol. The van der Waals surface area contributed by atoms with E-state index in [1.54, 1.807) is 19.9 Å². The van der Waals surface area contributed by atoms with Crippen LogP contribution < -0.4 is 10.0 Å². The molecule has 1 aromatic rings. The van der Waals surface area contributed by atoms with Gasteiger partial charge in [0.2, 0.25) is 10.0 Å². The van der Waals surface area contributed by atoms with Crippen molar-refractivity contribution in [3.05, 3.63) is 33.4 Å². The van der Waals surface area contributed by atoms with Crippen LogP contribution in [0.15, 0.2) is 17.0 Å². The highest BCUT2D eigenvalue weighted by Crippen LogP contribution is 2.29. The fourth-order valence-corrected chi connectivity index (χ4v) is 4.24. The number of hydrogen-bond donors (Lipinski definition) is 2. The van der Waals surface area contributed by atoms with Crippen LogP contribution in [0.5, 0.6) is 0 Å². The molecule has 0 amide bonds. The van der Waals surface area contributed by atoms with Gasteiger partial charge in [-0.1, -0.05) is 6.07 Å². The number of nitrogens with zero attached hydrogens (tertiary/aromatic N) is 1. The van der Waals surface area contributed by atoms with Crippen molar-refractivity contribution in [2.75, 3.05) is 19.6 Å². The molecule has 1 aromatic carbocycles. The number of nitro benzene ring substituents is 1. The van der Waals surface area contributed by atoms with Gasteiger partial charge in [-0.05, 0) is 56.8 Å². The van der Waals surface area contributed by atoms with E-state index in [1.807, 2.05) is 0 Å². The molecule has 2 rings (SSSR count). The molecule has 1 unspecified atom stereocenters. The maximum atomic E-state index is 12.5. The fraction of sp³-hybridized carbons (Fsp3) is 0.571. The van der Waals surface area contributed by atoms with Crippen molar-refractivity contribution in [1.82, 2.24) is 10.0 Å². The van der Waals surface area contributed by atoms with Gasteiger partial charge in [-0.25, -0.2) is 13.1 Å². The summed E-state index contributed by atoms with van der Waals surface area (Å²) in [5.41, 5.74) is 0.756. The van der Waals surface area contributed by atoms with Crippen LogP contribution >= 0.6 is 0 Å². The summed E-state index contributed by atoms with van der Waals surface area (Å²) in [6.45, 7) is 5.34. The summed E-state index contributed by atoms with van der Waals surface area (Å²) in [6, 6.07) is 2.82. The molecule has 0 aromatic heterocycles. The smallest absolute Gasteiger partial charge is 0.289 e. The Morgan fingerprint density at radius 2 is 2.14 bits per heavy atom. The van der Waals surface area contributed by atoms with Gasteiger partial charge in [-0.15, -0.1) is 0 Å². The third-order valence-electron chi connectivity index (χ3n) is 4.08. The zero-order valence-electron chi connectivity index (χ0n) is 12.8. The zero-order chi connectivity index (χ0) is 16.3. The molecule has 122 valence electrons. The van der Waals surface area contributed by atoms with Gasteiger partial charge in [0.05, 0.1) is 4.92 Å². The van der Waals surface area contributed by atoms with Crippen molar-refractivity contribution >= 4 is 15.7 Å². The van der Waals surface area contributed by atoms with Crippen LogP contribution in [0.1, 0.15) is 24.0 Å². The number of rotatable bonds is 5. The van der Waals surface area contributed by atoms with Crippen LogP contribution in [0.25, 0.3) is 0 Å². The number of nitrogens with one attached hydrogen (secondary N) is 2. The van der Waals surface area contributed by atoms with Gasteiger partial charge in [0.1, 0.15) is 0 Å². The maximum Gasteiger partial charge on any atom is 0.289 e. The highest BCUT2D eigenvalue weighted by molar-refractivity contribution is 7.89. The Morgan fingerprint density at radius 3 is 2.73 bits per heavy atom. The number of hydrogen-bond acceptors (Lipinski definition) is 5. The topological polar surface area (TPSA) is 101 Å². The Morgan fingerprint density at radius 1 is 1.41 bits per heavy atom. The number of nitro groups is 1. The lowest BCUT2D eigenvalue weighted by Crippen LogP contribution is -2.38. The molecular weight excluding hydrogens is 306 g/mol. The van der Waals surface area contributed by atoms with Gasteiger partial charge in [-0.3, -0.25) is 10.1 Å². The Hall–Kier alpha value is -1.51. The van der Waals surface area contributed by atoms with Gasteiger partial charge in [0.15, 0.2) is 4.90 Å². The standard InChI is InChI=1S/C14H21N3O4S/c1-10-5-6-13(17(18)19)14(11(10)2)22(20,21)16-9-12-4-3-7-15-8-12/h5-6,12,15-16H,3-4,7-9H2,1-2H3. The third-order valence-corrected chi connectivity index (χ3v) is 5.68. The molecule has 1 heterocycles. The first kappa shape index (κ1) is 16.9. The number of sulfonamides is 1. The third kappa shape index (κ3) is 3.63. The molecule has 1 atom stereocenters. The minimum atomic E-state index is -3.91. The molecule has 1 fully saturated rings. The SMILES string of the molecule is Cc1ccc([N+](=O)[O-])c(S(=O)(=O)NCC2CCCNC2)c1C. The minimum Gasteiger partial charge on any atom is -0.316 e. The van der Waals surface area contributed by atoms with Crippen molar-refractivity contribution in [3.8, 4) is 0 Å². The average Bonchev–Trinajstić information content (AvgIpc) is 2.48. The van der Waals surface area contributed by atoms with E-state index in [9.17, 15) is 18.5 Å². The molecule has 1 aliphatic heterocycles. The number of benzene rings is 1. The van der Waals surface area contributed by atoms with Gasteiger partial charge in [-0.2, -0.15) is 0 Å². The second kappa shape index (κ2) is 6.72. The summed E-state index contributed by atoms with van der Waals surface area (Å²) in [5, 5.41) is 14.4. The summed E-state index contributed by atoms with van der Waals surface area (Å²) in [7, 11) is -3.91. The molecule has 0 bridgehead atoms. The lowest BCUT2D eigenvalue weighted by Gasteiger charge is -2.23. The number of aryl methyl sites for hydroxylation is 1. The molecule has 2 N–H and O–H groups in total. The molecule has 0 spiro atoms. The Bertz CT molecular complexity index is 667. The van der Waals surface area contributed by atoms with Crippen molar-refractivity contribution in [1.29, 1.82) is 0 Å². The molecule has 0 saturated carbocycles. The van der Waals surface area contributed by atoms with Crippen molar-refractivity contribution in [2.24, 2.45) is 5.92 Å². The molecule has 0 radical (unpaired) electrons. The van der Waals surface area contributed by atoms with Gasteiger partial charge >= 0.3 is 0 Å². The first-order valence-electron chi connectivity index (χ1n) is 7.28. The Balaban J connectivity index is 2.28. The van der Waals surface area contributed by atoms with Gasteiger partial charge < -0.3 is 5.32 Å². The fourth-order valence-electron chi connectivity index (χ4n) is 2.66. The van der Waals surface area contributed by atoms with Gasteiger partial charge in [0, 0.05) is 12.6 Å². The summed E-state index contributed by atoms with van der Waals surface area (Å²) in [4.78, 5) is 10.3. The van der Waals surface area contributed by atoms with E-state index < -0.39 is 14.9 Å². The van der Waals surface area contributed by atoms with E-state index in [1.165, 1.54) is 6.07 Å². The molecule has 1 saturated heterocycles. The highest BCUT2D eigenvalue weighted by Gasteiger charge is 2.29. The Kier molecular flexibility index (Phi) is 5.15. The highest BCUT2D eigenvalue weighted by atomic mass is 32.2. The van der Waals surface area contributed by atoms with E-state index in [0.29, 0.717) is 17.7 Å². The van der Waals surface area contributed by atoms with Crippen molar-refractivity contribution < 1.29 is 13.3 Å². The summed E-state index contributed by atoms with van der Waals surface area (Å²) in [6.07, 6.45) is 1.96. The molecule has 8 heteroatoms. The van der Waals surface area contributed by atoms with E-state index in [-0.39, 0.29) is 16.5 Å². The van der Waals surface area contributed by atoms with Crippen molar-refractivity contribution in [2.45, 2.75) is 31.6 Å². The summed E-state index contributed by atoms with van der Waals surface area (Å²) < 4.78 is 27.6. The van der Waals surface area contributed by atoms with Crippen LogP contribution in [0, 0.1) is 29.9 Å². The summed E-state index contributed by atoms with van der Waals surface area (Å²) >= 11 is 0. The lowest BCUT2D eigenvalue weighted by atomic mass is 10.0. The number of piperidine rings is 1. The first-order chi connectivity index (χ1) is 10.3. The second-order valence-electron chi connectivity index (χ2n) is 5.68. The van der Waals surface area contributed by atoms with Gasteiger partial charge in [0.25, 0.3) is 5.69 Å². The molecule has 0 aliphatic carbocycles. The van der Waals surface area contributed by atoms with Crippen LogP contribution in [0.4, 0.5) is 5.69 Å². The van der Waals surface area contributed by atoms with Crippen LogP contribution in [0.3, 0.4) is 0 Å². The lowest BCUT2D eigenvalue weighted by molar-refractivity contribution is -0.387. The largest absolute Gasteiger partial charge is 0.316 e. The second-order valence-corrected chi connectivity index (χ2v) is 7.38. The monoisotopic (exact) mass is 327 g/mol. The normalized spacial score (nSPS) is 19.1. The van der Waals surface area contributed by atoms with Crippen LogP contribution in [-0.2, 0) is 10.0 Å². The first-order valence-corrected chi connectivity index (χ1v) is 8.76. The molecule has 7 nitrogen and oxygen atoms in total. The van der Waals surface area contributed by atoms with E-state index >= 15 is 0 Å². The van der Waals surface area contributed by atoms with Crippen LogP contribution in [0.2, 0.25) is 0 Å². The van der Waals surface area contributed by atoms with E-state index in [0.717, 1.165) is 25.9 Å². The molecular formula is C14H21N3O4S. The summed E-state index contributed by atoms with van der Waals surface area (Å²) in [5.74, 6) is 0.215. The van der Waals surface area contributed by atoms with E-state index in [4.69, 9.17) is 0 Å². The van der Waals surface area contributed by atoms with E-state index in [2.05, 4.69) is 10.0 Å². The predicted octanol–water partition coefficient (Wildman–Crippen LogP) is 1.49. The maximum absolute atomic E-state index is 12.5. The quantitative estimate of drug-likeness (QED) is 0.630. The molecule has 22 heavy (non-hydrogen) atoms. The Labute approximate surface area is 130 Å². The van der Waals surface area contributed by atoms with Crippen molar-refractivity contribution in [3.63, 3.8) is 0 Å².